The number of benzene rings is 1. The summed E-state index contributed by atoms with van der Waals surface area (Å²) in [6.07, 6.45) is 7.42. The van der Waals surface area contributed by atoms with Crippen molar-refractivity contribution in [2.75, 3.05) is 4.90 Å². The molecule has 0 atom stereocenters. The SMILES string of the molecule is CCn1cc(N(Cc2ccc3c4c(c(Cl)nc3c2)COC4)C(=O)c2cnc(C3CC3)nc2)c(C)n1. The van der Waals surface area contributed by atoms with Gasteiger partial charge in [-0.3, -0.25) is 9.48 Å². The van der Waals surface area contributed by atoms with Gasteiger partial charge in [0.2, 0.25) is 0 Å². The number of amides is 1. The second-order valence-corrected chi connectivity index (χ2v) is 9.51. The molecule has 1 saturated carbocycles. The third-order valence-corrected chi connectivity index (χ3v) is 7.01. The van der Waals surface area contributed by atoms with Crippen molar-refractivity contribution >= 4 is 34.1 Å². The number of anilines is 1. The summed E-state index contributed by atoms with van der Waals surface area (Å²) < 4.78 is 7.43. The normalized spacial score (nSPS) is 14.9. The highest BCUT2D eigenvalue weighted by Crippen LogP contribution is 2.38. The zero-order valence-electron chi connectivity index (χ0n) is 19.7. The van der Waals surface area contributed by atoms with Gasteiger partial charge >= 0.3 is 0 Å². The zero-order chi connectivity index (χ0) is 24.1. The van der Waals surface area contributed by atoms with E-state index in [4.69, 9.17) is 16.3 Å². The van der Waals surface area contributed by atoms with Gasteiger partial charge in [-0.15, -0.1) is 0 Å². The second kappa shape index (κ2) is 8.70. The number of rotatable bonds is 6. The minimum absolute atomic E-state index is 0.167. The van der Waals surface area contributed by atoms with E-state index in [1.807, 2.05) is 42.9 Å². The van der Waals surface area contributed by atoms with Crippen molar-refractivity contribution in [3.63, 3.8) is 0 Å². The predicted octanol–water partition coefficient (Wildman–Crippen LogP) is 4.96. The lowest BCUT2D eigenvalue weighted by Gasteiger charge is -2.22. The van der Waals surface area contributed by atoms with Gasteiger partial charge in [0.25, 0.3) is 5.91 Å². The Morgan fingerprint density at radius 3 is 2.69 bits per heavy atom. The van der Waals surface area contributed by atoms with Crippen LogP contribution in [0.2, 0.25) is 5.15 Å². The molecule has 1 aromatic carbocycles. The Bertz CT molecular complexity index is 1440. The molecule has 1 amide bonds. The highest BCUT2D eigenvalue weighted by molar-refractivity contribution is 6.30. The molecule has 4 heterocycles. The maximum atomic E-state index is 13.7. The fourth-order valence-corrected chi connectivity index (χ4v) is 4.85. The molecule has 0 spiro atoms. The van der Waals surface area contributed by atoms with Gasteiger partial charge in [-0.2, -0.15) is 5.10 Å². The lowest BCUT2D eigenvalue weighted by molar-refractivity contribution is 0.0984. The van der Waals surface area contributed by atoms with Gasteiger partial charge in [-0.25, -0.2) is 15.0 Å². The Balaban J connectivity index is 1.37. The summed E-state index contributed by atoms with van der Waals surface area (Å²) in [4.78, 5) is 29.0. The van der Waals surface area contributed by atoms with Gasteiger partial charge in [-0.05, 0) is 43.9 Å². The number of aryl methyl sites for hydroxylation is 2. The number of nitrogens with zero attached hydrogens (tertiary/aromatic N) is 6. The molecule has 0 radical (unpaired) electrons. The third kappa shape index (κ3) is 4.06. The average Bonchev–Trinajstić information content (AvgIpc) is 3.47. The third-order valence-electron chi connectivity index (χ3n) is 6.69. The van der Waals surface area contributed by atoms with Crippen molar-refractivity contribution in [2.24, 2.45) is 0 Å². The average molecular weight is 489 g/mol. The van der Waals surface area contributed by atoms with Crippen molar-refractivity contribution in [2.45, 2.75) is 58.9 Å². The molecule has 8 nitrogen and oxygen atoms in total. The minimum Gasteiger partial charge on any atom is -0.372 e. The minimum atomic E-state index is -0.167. The Morgan fingerprint density at radius 2 is 1.97 bits per heavy atom. The largest absolute Gasteiger partial charge is 0.372 e. The van der Waals surface area contributed by atoms with E-state index in [0.717, 1.165) is 57.6 Å². The monoisotopic (exact) mass is 488 g/mol. The fraction of sp³-hybridized carbons (Fsp3) is 0.346. The van der Waals surface area contributed by atoms with E-state index in [9.17, 15) is 4.79 Å². The van der Waals surface area contributed by atoms with E-state index in [1.165, 1.54) is 0 Å². The second-order valence-electron chi connectivity index (χ2n) is 9.15. The van der Waals surface area contributed by atoms with Gasteiger partial charge in [0.1, 0.15) is 11.0 Å². The summed E-state index contributed by atoms with van der Waals surface area (Å²) in [5.41, 5.74) is 5.78. The highest BCUT2D eigenvalue weighted by atomic mass is 35.5. The molecular weight excluding hydrogens is 464 g/mol. The topological polar surface area (TPSA) is 86.0 Å². The molecule has 2 aliphatic rings. The van der Waals surface area contributed by atoms with Crippen molar-refractivity contribution in [3.05, 3.63) is 75.7 Å². The number of hydrogen-bond acceptors (Lipinski definition) is 6. The lowest BCUT2D eigenvalue weighted by Crippen LogP contribution is -2.31. The molecule has 0 unspecified atom stereocenters. The van der Waals surface area contributed by atoms with Crippen LogP contribution in [0.3, 0.4) is 0 Å². The van der Waals surface area contributed by atoms with Crippen LogP contribution < -0.4 is 4.90 Å². The number of aromatic nitrogens is 5. The molecule has 0 saturated heterocycles. The highest BCUT2D eigenvalue weighted by Gasteiger charge is 2.28. The van der Waals surface area contributed by atoms with Crippen LogP contribution >= 0.6 is 11.6 Å². The van der Waals surface area contributed by atoms with E-state index in [-0.39, 0.29) is 5.91 Å². The van der Waals surface area contributed by atoms with Gasteiger partial charge in [0, 0.05) is 42.0 Å². The molecule has 1 aliphatic heterocycles. The summed E-state index contributed by atoms with van der Waals surface area (Å²) in [5.74, 6) is 1.08. The summed E-state index contributed by atoms with van der Waals surface area (Å²) in [6, 6.07) is 6.06. The molecular formula is C26H25ClN6O2. The molecule has 6 rings (SSSR count). The molecule has 3 aromatic heterocycles. The van der Waals surface area contributed by atoms with Crippen molar-refractivity contribution in [1.29, 1.82) is 0 Å². The van der Waals surface area contributed by atoms with E-state index >= 15 is 0 Å². The summed E-state index contributed by atoms with van der Waals surface area (Å²) in [6.45, 7) is 6.02. The lowest BCUT2D eigenvalue weighted by atomic mass is 10.0. The first kappa shape index (κ1) is 22.1. The number of carbonyl (C=O) groups is 1. The maximum Gasteiger partial charge on any atom is 0.261 e. The molecule has 1 aliphatic carbocycles. The van der Waals surface area contributed by atoms with Crippen LogP contribution in [-0.2, 0) is 31.0 Å². The number of carbonyl (C=O) groups excluding carboxylic acids is 1. The van der Waals surface area contributed by atoms with Crippen molar-refractivity contribution in [1.82, 2.24) is 24.7 Å². The van der Waals surface area contributed by atoms with Gasteiger partial charge in [0.15, 0.2) is 0 Å². The first-order valence-corrected chi connectivity index (χ1v) is 12.2. The standard InChI is InChI=1S/C26H25ClN6O2/c1-3-32-12-23(15(2)31-32)33(26(34)18-9-28-25(29-10-18)17-5-6-17)11-16-4-7-19-20-13-35-14-21(20)24(27)30-22(19)8-16/h4,7-10,12,17H,3,5-6,11,13-14H2,1-2H3. The zero-order valence-corrected chi connectivity index (χ0v) is 20.4. The van der Waals surface area contributed by atoms with Gasteiger partial charge in [-0.1, -0.05) is 23.7 Å². The van der Waals surface area contributed by atoms with Crippen LogP contribution in [0, 0.1) is 6.92 Å². The summed E-state index contributed by atoms with van der Waals surface area (Å²) in [7, 11) is 0. The van der Waals surface area contributed by atoms with Crippen LogP contribution in [0.15, 0.2) is 36.8 Å². The number of halogens is 1. The fourth-order valence-electron chi connectivity index (χ4n) is 4.59. The van der Waals surface area contributed by atoms with Crippen LogP contribution in [0.25, 0.3) is 10.9 Å². The molecule has 0 bridgehead atoms. The first-order chi connectivity index (χ1) is 17.0. The van der Waals surface area contributed by atoms with Crippen LogP contribution in [-0.4, -0.2) is 30.6 Å². The van der Waals surface area contributed by atoms with Crippen LogP contribution in [0.4, 0.5) is 5.69 Å². The van der Waals surface area contributed by atoms with Crippen molar-refractivity contribution in [3.8, 4) is 0 Å². The molecule has 1 fully saturated rings. The number of fused-ring (bicyclic) bond motifs is 3. The molecule has 35 heavy (non-hydrogen) atoms. The number of hydrogen-bond donors (Lipinski definition) is 0. The summed E-state index contributed by atoms with van der Waals surface area (Å²) in [5, 5.41) is 6.07. The van der Waals surface area contributed by atoms with Crippen LogP contribution in [0.5, 0.6) is 0 Å². The smallest absolute Gasteiger partial charge is 0.261 e. The number of ether oxygens (including phenoxy) is 1. The Kier molecular flexibility index (Phi) is 5.50. The van der Waals surface area contributed by atoms with E-state index in [1.54, 1.807) is 17.3 Å². The predicted molar refractivity (Wildman–Crippen MR) is 132 cm³/mol. The van der Waals surface area contributed by atoms with Gasteiger partial charge in [0.05, 0.1) is 42.2 Å². The summed E-state index contributed by atoms with van der Waals surface area (Å²) >= 11 is 6.43. The molecule has 9 heteroatoms. The molecule has 0 N–H and O–H groups in total. The maximum absolute atomic E-state index is 13.7. The Labute approximate surface area is 207 Å². The van der Waals surface area contributed by atoms with Crippen molar-refractivity contribution < 1.29 is 9.53 Å². The van der Waals surface area contributed by atoms with E-state index < -0.39 is 0 Å². The molecule has 178 valence electrons. The van der Waals surface area contributed by atoms with E-state index in [0.29, 0.717) is 42.9 Å². The van der Waals surface area contributed by atoms with E-state index in [2.05, 4.69) is 20.1 Å². The van der Waals surface area contributed by atoms with Crippen LogP contribution in [0.1, 0.15) is 64.2 Å². The van der Waals surface area contributed by atoms with Gasteiger partial charge < -0.3 is 9.64 Å². The Hall–Kier alpha value is -3.36. The quantitative estimate of drug-likeness (QED) is 0.357. The first-order valence-electron chi connectivity index (χ1n) is 11.9. The Morgan fingerprint density at radius 1 is 1.20 bits per heavy atom. The number of pyridine rings is 1. The molecule has 4 aromatic rings.